The number of nitrogens with zero attached hydrogens (tertiary/aromatic N) is 4. The quantitative estimate of drug-likeness (QED) is 0.0936. The van der Waals surface area contributed by atoms with E-state index in [-0.39, 0.29) is 54.3 Å². The summed E-state index contributed by atoms with van der Waals surface area (Å²) in [6.07, 6.45) is -11.3. The number of methoxy groups -OCH3 is 2. The van der Waals surface area contributed by atoms with Crippen LogP contribution in [0.2, 0.25) is 0 Å². The topological polar surface area (TPSA) is 151 Å². The summed E-state index contributed by atoms with van der Waals surface area (Å²) in [7, 11) is 3.12. The van der Waals surface area contributed by atoms with Gasteiger partial charge in [0.25, 0.3) is 0 Å². The molecule has 4 aromatic heterocycles. The van der Waals surface area contributed by atoms with Gasteiger partial charge >= 0.3 is 18.5 Å². The number of rotatable bonds is 6. The van der Waals surface area contributed by atoms with Gasteiger partial charge in [-0.1, -0.05) is 0 Å². The zero-order chi connectivity index (χ0) is 43.4. The molecule has 3 aromatic carbocycles. The van der Waals surface area contributed by atoms with E-state index in [4.69, 9.17) is 29.9 Å². The number of hydrogen-bond donors (Lipinski definition) is 4. The fraction of sp³-hybridized carbons (Fsp3) is 0.167. The molecule has 7 rings (SSSR count). The van der Waals surface area contributed by atoms with E-state index in [2.05, 4.69) is 19.9 Å². The number of alkyl halides is 9. The monoisotopic (exact) mass is 1030 g/mol. The average molecular weight is 1030 g/mol. The number of aliphatic hydroxyl groups is 4. The van der Waals surface area contributed by atoms with Crippen LogP contribution in [0.25, 0.3) is 65.2 Å². The third-order valence-electron chi connectivity index (χ3n) is 7.14. The predicted molar refractivity (Wildman–Crippen MR) is 211 cm³/mol. The van der Waals surface area contributed by atoms with Gasteiger partial charge in [-0.2, -0.15) is 39.5 Å². The summed E-state index contributed by atoms with van der Waals surface area (Å²) in [5.41, 5.74) is 2.04. The summed E-state index contributed by atoms with van der Waals surface area (Å²) >= 11 is 4.31. The van der Waals surface area contributed by atoms with Crippen molar-refractivity contribution >= 4 is 111 Å². The molecule has 330 valence electrons. The molecule has 0 aliphatic heterocycles. The molecule has 0 saturated carbocycles. The maximum atomic E-state index is 12.3. The van der Waals surface area contributed by atoms with Gasteiger partial charge < -0.3 is 29.9 Å². The van der Waals surface area contributed by atoms with E-state index in [1.807, 2.05) is 18.2 Å². The number of thiazole rings is 4. The molecule has 0 bridgehead atoms. The molecule has 4 heterocycles. The largest absolute Gasteiger partial charge is 0.513 e. The van der Waals surface area contributed by atoms with Crippen molar-refractivity contribution in [2.75, 3.05) is 14.2 Å². The molecule has 4 N–H and O–H groups in total. The second-order valence-electron chi connectivity index (χ2n) is 11.5. The van der Waals surface area contributed by atoms with Crippen molar-refractivity contribution in [3.63, 3.8) is 0 Å². The fourth-order valence-corrected chi connectivity index (χ4v) is 8.18. The van der Waals surface area contributed by atoms with Gasteiger partial charge in [0.15, 0.2) is 0 Å². The first kappa shape index (κ1) is 50.7. The molecular formula is C36H25Co2F9N4O6S4. The zero-order valence-corrected chi connectivity index (χ0v) is 35.9. The summed E-state index contributed by atoms with van der Waals surface area (Å²) in [6.45, 7) is 1.63. The van der Waals surface area contributed by atoms with Crippen molar-refractivity contribution in [2.24, 2.45) is 0 Å². The van der Waals surface area contributed by atoms with E-state index in [0.29, 0.717) is 49.9 Å². The molecule has 7 aromatic rings. The summed E-state index contributed by atoms with van der Waals surface area (Å²) in [6, 6.07) is 13.7. The SMILES string of the molecule is COc1ccc2sc(/C=C(/C)O)nc2c1.COc1ccc2sc(/C=C(\O)C(F)(F)F)nc2c1.O/C(=C\c1nc2cc3sc(/C=C(\O)C(F)(F)F)nc3cc2s1)C(F)(F)F.[Co].[Co]. The van der Waals surface area contributed by atoms with Crippen LogP contribution in [0.15, 0.2) is 71.6 Å². The van der Waals surface area contributed by atoms with E-state index in [9.17, 15) is 39.5 Å². The van der Waals surface area contributed by atoms with Crippen molar-refractivity contribution < 1.29 is 103 Å². The first-order valence-corrected chi connectivity index (χ1v) is 19.2. The van der Waals surface area contributed by atoms with E-state index in [0.717, 1.165) is 59.7 Å². The van der Waals surface area contributed by atoms with Crippen molar-refractivity contribution in [1.82, 2.24) is 19.9 Å². The number of halogens is 9. The molecule has 0 saturated heterocycles. The predicted octanol–water partition coefficient (Wildman–Crippen LogP) is 12.8. The van der Waals surface area contributed by atoms with Crippen LogP contribution in [0.5, 0.6) is 11.5 Å². The van der Waals surface area contributed by atoms with Gasteiger partial charge in [-0.05, 0) is 43.3 Å². The Kier molecular flexibility index (Phi) is 17.0. The Morgan fingerprint density at radius 1 is 0.475 bits per heavy atom. The van der Waals surface area contributed by atoms with E-state index < -0.39 is 35.8 Å². The molecule has 2 radical (unpaired) electrons. The van der Waals surface area contributed by atoms with E-state index >= 15 is 0 Å². The van der Waals surface area contributed by atoms with E-state index in [1.54, 1.807) is 49.6 Å². The van der Waals surface area contributed by atoms with Gasteiger partial charge in [0.2, 0.25) is 17.3 Å². The second-order valence-corrected chi connectivity index (χ2v) is 15.8. The maximum absolute atomic E-state index is 12.3. The van der Waals surface area contributed by atoms with Crippen LogP contribution < -0.4 is 9.47 Å². The number of allylic oxidation sites excluding steroid dienone is 4. The van der Waals surface area contributed by atoms with Gasteiger partial charge in [-0.25, -0.2) is 19.9 Å². The Labute approximate surface area is 374 Å². The van der Waals surface area contributed by atoms with Gasteiger partial charge in [0.05, 0.1) is 60.8 Å². The van der Waals surface area contributed by atoms with Gasteiger partial charge in [0, 0.05) is 70.0 Å². The van der Waals surface area contributed by atoms with Crippen LogP contribution in [0.3, 0.4) is 0 Å². The summed E-state index contributed by atoms with van der Waals surface area (Å²) in [5, 5.41) is 36.7. The first-order valence-electron chi connectivity index (χ1n) is 15.9. The van der Waals surface area contributed by atoms with Gasteiger partial charge in [-0.15, -0.1) is 45.3 Å². The minimum Gasteiger partial charge on any atom is -0.513 e. The van der Waals surface area contributed by atoms with Crippen LogP contribution in [0.4, 0.5) is 39.5 Å². The minimum absolute atomic E-state index is 0. The molecule has 0 fully saturated rings. The third kappa shape index (κ3) is 13.7. The number of benzene rings is 3. The van der Waals surface area contributed by atoms with Crippen molar-refractivity contribution in [3.8, 4) is 11.5 Å². The molecule has 0 unspecified atom stereocenters. The maximum Gasteiger partial charge on any atom is 0.448 e. The number of fused-ring (bicyclic) bond motifs is 4. The summed E-state index contributed by atoms with van der Waals surface area (Å²) in [4.78, 5) is 16.2. The zero-order valence-electron chi connectivity index (χ0n) is 30.5. The molecule has 0 spiro atoms. The first-order chi connectivity index (χ1) is 27.5. The van der Waals surface area contributed by atoms with Gasteiger partial charge in [0.1, 0.15) is 31.5 Å². The number of ether oxygens (including phenoxy) is 2. The number of aromatic nitrogens is 4. The Morgan fingerprint density at radius 2 is 0.754 bits per heavy atom. The number of aliphatic hydroxyl groups excluding tert-OH is 4. The average Bonchev–Trinajstić information content (AvgIpc) is 3.92. The third-order valence-corrected chi connectivity index (χ3v) is 11.0. The van der Waals surface area contributed by atoms with Crippen molar-refractivity contribution in [1.29, 1.82) is 0 Å². The van der Waals surface area contributed by atoms with Gasteiger partial charge in [-0.3, -0.25) is 0 Å². The smallest absolute Gasteiger partial charge is 0.448 e. The number of hydrogen-bond acceptors (Lipinski definition) is 14. The van der Waals surface area contributed by atoms with Crippen LogP contribution in [0, 0.1) is 0 Å². The van der Waals surface area contributed by atoms with Crippen LogP contribution in [-0.2, 0) is 33.6 Å². The molecule has 10 nitrogen and oxygen atoms in total. The van der Waals surface area contributed by atoms with Crippen LogP contribution in [0.1, 0.15) is 27.0 Å². The Balaban J connectivity index is 0.000000250. The molecule has 0 aliphatic rings. The van der Waals surface area contributed by atoms with Crippen molar-refractivity contribution in [2.45, 2.75) is 25.5 Å². The summed E-state index contributed by atoms with van der Waals surface area (Å²) < 4.78 is 123. The second kappa shape index (κ2) is 20.5. The molecule has 0 amide bonds. The Morgan fingerprint density at radius 3 is 1.03 bits per heavy atom. The molecule has 0 atom stereocenters. The molecule has 0 aliphatic carbocycles. The molecular weight excluding hydrogens is 1000 g/mol. The normalized spacial score (nSPS) is 13.0. The van der Waals surface area contributed by atoms with Crippen LogP contribution in [-0.4, -0.2) is 73.1 Å². The summed E-state index contributed by atoms with van der Waals surface area (Å²) in [5.74, 6) is -3.60. The molecule has 61 heavy (non-hydrogen) atoms. The fourth-order valence-electron chi connectivity index (χ4n) is 4.51. The van der Waals surface area contributed by atoms with Crippen molar-refractivity contribution in [3.05, 3.63) is 91.6 Å². The molecule has 25 heteroatoms. The standard InChI is InChI=1S/C14H6F6N2O2S2.C11H8F3NO2S.C11H11NO2S.2Co/c15-13(16,17)9(23)3-11-21-5-1-7-6(2-8(5)26-11)22-12(25-7)4-10(24)14(18,19)20;1-17-6-2-3-8-7(4-6)15-10(18-8)5-9(16)11(12,13)14;1-7(13)5-11-12-9-6-8(14-2)3-4-10(9)15-11;;/h1-4,23-24H;2-5,16H,1H3;3-6,13H,1-2H3;;/b9-3-,10-4-;9-5-;7-5-;;. The van der Waals surface area contributed by atoms with E-state index in [1.165, 1.54) is 19.2 Å². The Bertz CT molecular complexity index is 2620. The Hall–Kier alpha value is -4.64. The minimum atomic E-state index is -4.89. The van der Waals surface area contributed by atoms with Crippen LogP contribution >= 0.6 is 45.3 Å².